The maximum atomic E-state index is 12.0. The van der Waals surface area contributed by atoms with Crippen LogP contribution in [0.25, 0.3) is 0 Å². The van der Waals surface area contributed by atoms with E-state index in [9.17, 15) is 8.42 Å². The number of rotatable bonds is 1. The maximum Gasteiger partial charge on any atom is 0.222 e. The van der Waals surface area contributed by atoms with Crippen molar-refractivity contribution in [3.63, 3.8) is 0 Å². The summed E-state index contributed by atoms with van der Waals surface area (Å²) in [7, 11) is -3.23. The van der Waals surface area contributed by atoms with Crippen LogP contribution in [-0.4, -0.2) is 37.2 Å². The zero-order valence-electron chi connectivity index (χ0n) is 10.5. The second-order valence-electron chi connectivity index (χ2n) is 5.77. The van der Waals surface area contributed by atoms with Crippen LogP contribution in [0, 0.1) is 5.41 Å². The lowest BCUT2D eigenvalue weighted by Gasteiger charge is -2.46. The molecule has 1 aromatic heterocycles. The van der Waals surface area contributed by atoms with E-state index in [1.807, 2.05) is 4.90 Å². The molecule has 1 aromatic rings. The van der Waals surface area contributed by atoms with Gasteiger partial charge in [-0.25, -0.2) is 13.4 Å². The fourth-order valence-electron chi connectivity index (χ4n) is 2.67. The summed E-state index contributed by atoms with van der Waals surface area (Å²) < 4.78 is 24.1. The predicted molar refractivity (Wildman–Crippen MR) is 68.2 cm³/mol. The normalized spacial score (nSPS) is 23.6. The number of nitrogens with zero attached hydrogens (tertiary/aromatic N) is 3. The van der Waals surface area contributed by atoms with Crippen LogP contribution in [0.5, 0.6) is 0 Å². The van der Waals surface area contributed by atoms with Gasteiger partial charge < -0.3 is 10.6 Å². The molecule has 3 rings (SSSR count). The van der Waals surface area contributed by atoms with Crippen LogP contribution in [0.1, 0.15) is 19.5 Å². The SMILES string of the molecule is CC1(C)CN(c2nc(N)nc3c2S(=O)(=O)CC3)C1. The van der Waals surface area contributed by atoms with E-state index >= 15 is 0 Å². The van der Waals surface area contributed by atoms with Crippen molar-refractivity contribution in [1.82, 2.24) is 9.97 Å². The molecule has 1 saturated heterocycles. The molecule has 0 unspecified atom stereocenters. The zero-order chi connectivity index (χ0) is 13.1. The fraction of sp³-hybridized carbons (Fsp3) is 0.636. The predicted octanol–water partition coefficient (Wildman–Crippen LogP) is 0.235. The number of hydrogen-bond acceptors (Lipinski definition) is 6. The van der Waals surface area contributed by atoms with Gasteiger partial charge in [0.1, 0.15) is 4.90 Å². The van der Waals surface area contributed by atoms with E-state index in [4.69, 9.17) is 5.73 Å². The molecule has 1 fully saturated rings. The Morgan fingerprint density at radius 1 is 1.28 bits per heavy atom. The maximum absolute atomic E-state index is 12.0. The number of nitrogens with two attached hydrogens (primary N) is 1. The van der Waals surface area contributed by atoms with E-state index in [2.05, 4.69) is 23.8 Å². The number of aryl methyl sites for hydroxylation is 1. The first-order valence-corrected chi connectivity index (χ1v) is 7.58. The van der Waals surface area contributed by atoms with E-state index < -0.39 is 9.84 Å². The summed E-state index contributed by atoms with van der Waals surface area (Å²) in [5, 5.41) is 0. The molecule has 98 valence electrons. The van der Waals surface area contributed by atoms with Gasteiger partial charge in [0, 0.05) is 19.5 Å². The third-order valence-corrected chi connectivity index (χ3v) is 5.17. The van der Waals surface area contributed by atoms with Crippen LogP contribution in [0.4, 0.5) is 11.8 Å². The molecule has 18 heavy (non-hydrogen) atoms. The van der Waals surface area contributed by atoms with Gasteiger partial charge in [-0.3, -0.25) is 0 Å². The van der Waals surface area contributed by atoms with Crippen molar-refractivity contribution in [3.8, 4) is 0 Å². The van der Waals surface area contributed by atoms with E-state index in [1.165, 1.54) is 0 Å². The number of anilines is 2. The molecule has 0 spiro atoms. The van der Waals surface area contributed by atoms with Crippen molar-refractivity contribution in [2.75, 3.05) is 29.5 Å². The van der Waals surface area contributed by atoms with Crippen LogP contribution < -0.4 is 10.6 Å². The zero-order valence-corrected chi connectivity index (χ0v) is 11.3. The average Bonchev–Trinajstić information content (AvgIpc) is 2.50. The average molecular weight is 268 g/mol. The second kappa shape index (κ2) is 3.34. The standard InChI is InChI=1S/C11H16N4O2S/c1-11(2)5-15(6-11)9-8-7(13-10(12)14-9)3-4-18(8,16)17/h3-6H2,1-2H3,(H2,12,13,14). The molecule has 0 amide bonds. The third-order valence-electron chi connectivity index (χ3n) is 3.39. The molecule has 0 bridgehead atoms. The lowest BCUT2D eigenvalue weighted by molar-refractivity contribution is 0.273. The highest BCUT2D eigenvalue weighted by atomic mass is 32.2. The summed E-state index contributed by atoms with van der Waals surface area (Å²) in [5.74, 6) is 0.768. The van der Waals surface area contributed by atoms with E-state index in [0.29, 0.717) is 22.8 Å². The lowest BCUT2D eigenvalue weighted by Crippen LogP contribution is -2.53. The number of sulfone groups is 1. The highest BCUT2D eigenvalue weighted by Gasteiger charge is 2.41. The van der Waals surface area contributed by atoms with Crippen molar-refractivity contribution in [1.29, 1.82) is 0 Å². The molecule has 0 aliphatic carbocycles. The minimum Gasteiger partial charge on any atom is -0.368 e. The molecular formula is C11H16N4O2S. The molecule has 0 saturated carbocycles. The first kappa shape index (κ1) is 11.7. The summed E-state index contributed by atoms with van der Waals surface area (Å²) in [5.41, 5.74) is 6.44. The minimum absolute atomic E-state index is 0.116. The van der Waals surface area contributed by atoms with Crippen molar-refractivity contribution in [2.24, 2.45) is 5.41 Å². The van der Waals surface area contributed by atoms with Gasteiger partial charge in [0.15, 0.2) is 15.7 Å². The highest BCUT2D eigenvalue weighted by molar-refractivity contribution is 7.91. The number of fused-ring (bicyclic) bond motifs is 1. The van der Waals surface area contributed by atoms with Crippen molar-refractivity contribution in [2.45, 2.75) is 25.2 Å². The number of hydrogen-bond donors (Lipinski definition) is 1. The quantitative estimate of drug-likeness (QED) is 0.784. The minimum atomic E-state index is -3.23. The topological polar surface area (TPSA) is 89.2 Å². The molecule has 0 aromatic carbocycles. The molecular weight excluding hydrogens is 252 g/mol. The Balaban J connectivity index is 2.11. The van der Waals surface area contributed by atoms with Crippen molar-refractivity contribution >= 4 is 21.6 Å². The summed E-state index contributed by atoms with van der Waals surface area (Å²) >= 11 is 0. The largest absolute Gasteiger partial charge is 0.368 e. The smallest absolute Gasteiger partial charge is 0.222 e. The molecule has 6 nitrogen and oxygen atoms in total. The number of aromatic nitrogens is 2. The van der Waals surface area contributed by atoms with E-state index in [-0.39, 0.29) is 17.1 Å². The highest BCUT2D eigenvalue weighted by Crippen LogP contribution is 2.39. The Hall–Kier alpha value is -1.37. The van der Waals surface area contributed by atoms with Gasteiger partial charge in [0.25, 0.3) is 0 Å². The number of nitrogen functional groups attached to an aromatic ring is 1. The van der Waals surface area contributed by atoms with Gasteiger partial charge in [-0.05, 0) is 5.41 Å². The Morgan fingerprint density at radius 2 is 1.94 bits per heavy atom. The van der Waals surface area contributed by atoms with Crippen molar-refractivity contribution < 1.29 is 8.42 Å². The first-order valence-electron chi connectivity index (χ1n) is 5.93. The summed E-state index contributed by atoms with van der Waals surface area (Å²) in [6.07, 6.45) is 0.439. The van der Waals surface area contributed by atoms with Crippen LogP contribution in [-0.2, 0) is 16.3 Å². The lowest BCUT2D eigenvalue weighted by atomic mass is 9.84. The molecule has 2 aliphatic heterocycles. The van der Waals surface area contributed by atoms with Gasteiger partial charge in [0.05, 0.1) is 11.4 Å². The Morgan fingerprint density at radius 3 is 2.56 bits per heavy atom. The van der Waals surface area contributed by atoms with Crippen LogP contribution in [0.15, 0.2) is 4.90 Å². The summed E-state index contributed by atoms with van der Waals surface area (Å²) in [4.78, 5) is 10.5. The van der Waals surface area contributed by atoms with Crippen molar-refractivity contribution in [3.05, 3.63) is 5.69 Å². The first-order chi connectivity index (χ1) is 8.28. The van der Waals surface area contributed by atoms with Crippen LogP contribution >= 0.6 is 0 Å². The van der Waals surface area contributed by atoms with Crippen LogP contribution in [0.3, 0.4) is 0 Å². The van der Waals surface area contributed by atoms with Gasteiger partial charge in [0.2, 0.25) is 5.95 Å². The molecule has 0 atom stereocenters. The summed E-state index contributed by atoms with van der Waals surface area (Å²) in [6, 6.07) is 0. The van der Waals surface area contributed by atoms with Gasteiger partial charge in [-0.1, -0.05) is 13.8 Å². The van der Waals surface area contributed by atoms with Gasteiger partial charge in [-0.15, -0.1) is 0 Å². The monoisotopic (exact) mass is 268 g/mol. The fourth-order valence-corrected chi connectivity index (χ4v) is 4.30. The Bertz CT molecular complexity index is 616. The van der Waals surface area contributed by atoms with Gasteiger partial charge in [-0.2, -0.15) is 4.98 Å². The summed E-state index contributed by atoms with van der Waals surface area (Å²) in [6.45, 7) is 5.88. The molecule has 2 aliphatic rings. The Labute approximate surface area is 106 Å². The molecule has 0 radical (unpaired) electrons. The molecule has 2 N–H and O–H groups in total. The Kier molecular flexibility index (Phi) is 2.17. The molecule has 3 heterocycles. The third kappa shape index (κ3) is 1.65. The van der Waals surface area contributed by atoms with E-state index in [1.54, 1.807) is 0 Å². The van der Waals surface area contributed by atoms with Gasteiger partial charge >= 0.3 is 0 Å². The van der Waals surface area contributed by atoms with E-state index in [0.717, 1.165) is 13.1 Å². The molecule has 7 heteroatoms. The van der Waals surface area contributed by atoms with Crippen LogP contribution in [0.2, 0.25) is 0 Å². The second-order valence-corrected chi connectivity index (χ2v) is 7.82.